The third kappa shape index (κ3) is 6.86. The molecule has 2 aliphatic rings. The van der Waals surface area contributed by atoms with Gasteiger partial charge in [-0.3, -0.25) is 9.69 Å². The van der Waals surface area contributed by atoms with Crippen LogP contribution in [-0.2, 0) is 22.5 Å². The zero-order valence-electron chi connectivity index (χ0n) is 21.5. The fraction of sp³-hybridized carbons (Fsp3) is 0.567. The van der Waals surface area contributed by atoms with Crippen LogP contribution >= 0.6 is 0 Å². The molecular weight excluding hydrogens is 436 g/mol. The molecule has 0 spiro atoms. The third-order valence-electron chi connectivity index (χ3n) is 7.73. The predicted octanol–water partition coefficient (Wildman–Crippen LogP) is 5.18. The Bertz CT molecular complexity index is 905. The lowest BCUT2D eigenvalue weighted by molar-refractivity contribution is -0.142. The normalized spacial score (nSPS) is 18.8. The molecule has 2 aliphatic heterocycles. The number of hydrogen-bond acceptors (Lipinski definition) is 4. The number of hydrogen-bond donors (Lipinski definition) is 0. The highest BCUT2D eigenvalue weighted by molar-refractivity contribution is 5.79. The SMILES string of the molecule is CCOc1ccccc1CN1CCC([C@H](Cc2ccccc2)N(CC)C(=O)C2CCOCC2)CC1. The number of likely N-dealkylation sites (N-methyl/N-ethyl adjacent to an activating group) is 1. The molecule has 0 bridgehead atoms. The van der Waals surface area contributed by atoms with Gasteiger partial charge in [-0.15, -0.1) is 0 Å². The molecule has 35 heavy (non-hydrogen) atoms. The number of likely N-dealkylation sites (tertiary alicyclic amines) is 1. The first-order valence-electron chi connectivity index (χ1n) is 13.5. The Kier molecular flexibility index (Phi) is 9.61. The Hall–Kier alpha value is -2.37. The molecule has 2 aromatic rings. The smallest absolute Gasteiger partial charge is 0.226 e. The summed E-state index contributed by atoms with van der Waals surface area (Å²) >= 11 is 0. The number of ether oxygens (including phenoxy) is 2. The lowest BCUT2D eigenvalue weighted by Crippen LogP contribution is -2.51. The molecule has 2 heterocycles. The summed E-state index contributed by atoms with van der Waals surface area (Å²) in [5.41, 5.74) is 2.59. The number of piperidine rings is 1. The van der Waals surface area contributed by atoms with Gasteiger partial charge in [0.2, 0.25) is 5.91 Å². The average Bonchev–Trinajstić information content (AvgIpc) is 2.91. The summed E-state index contributed by atoms with van der Waals surface area (Å²) in [6.45, 7) is 10.1. The summed E-state index contributed by atoms with van der Waals surface area (Å²) in [6.07, 6.45) is 4.87. The van der Waals surface area contributed by atoms with E-state index in [2.05, 4.69) is 65.3 Å². The van der Waals surface area contributed by atoms with Gasteiger partial charge in [0.05, 0.1) is 6.61 Å². The van der Waals surface area contributed by atoms with Crippen molar-refractivity contribution in [2.24, 2.45) is 11.8 Å². The van der Waals surface area contributed by atoms with Crippen molar-refractivity contribution in [1.82, 2.24) is 9.80 Å². The van der Waals surface area contributed by atoms with Gasteiger partial charge in [0.25, 0.3) is 0 Å². The molecule has 0 aromatic heterocycles. The van der Waals surface area contributed by atoms with Gasteiger partial charge in [-0.05, 0) is 76.6 Å². The van der Waals surface area contributed by atoms with E-state index < -0.39 is 0 Å². The number of rotatable bonds is 10. The van der Waals surface area contributed by atoms with Gasteiger partial charge in [0.15, 0.2) is 0 Å². The van der Waals surface area contributed by atoms with Crippen LogP contribution in [0.15, 0.2) is 54.6 Å². The van der Waals surface area contributed by atoms with Crippen LogP contribution in [0, 0.1) is 11.8 Å². The minimum Gasteiger partial charge on any atom is -0.494 e. The number of carbonyl (C=O) groups is 1. The molecule has 0 radical (unpaired) electrons. The van der Waals surface area contributed by atoms with E-state index in [-0.39, 0.29) is 12.0 Å². The van der Waals surface area contributed by atoms with Crippen LogP contribution in [0.1, 0.15) is 50.7 Å². The fourth-order valence-corrected chi connectivity index (χ4v) is 5.79. The van der Waals surface area contributed by atoms with Crippen molar-refractivity contribution < 1.29 is 14.3 Å². The Morgan fingerprint density at radius 1 is 1.00 bits per heavy atom. The lowest BCUT2D eigenvalue weighted by Gasteiger charge is -2.42. The zero-order chi connectivity index (χ0) is 24.5. The molecule has 4 rings (SSSR count). The molecule has 190 valence electrons. The first-order valence-corrected chi connectivity index (χ1v) is 13.5. The average molecular weight is 479 g/mol. The second-order valence-corrected chi connectivity index (χ2v) is 9.92. The monoisotopic (exact) mass is 478 g/mol. The maximum absolute atomic E-state index is 13.7. The minimum atomic E-state index is 0.108. The standard InChI is InChI=1S/C30H42N2O3/c1-3-32(30(33)26-16-20-34-21-17-26)28(22-24-10-6-5-7-11-24)25-14-18-31(19-15-25)23-27-12-8-9-13-29(27)35-4-2/h5-13,25-26,28H,3-4,14-23H2,1-2H3/t28-/m0/s1. The predicted molar refractivity (Wildman–Crippen MR) is 140 cm³/mol. The van der Waals surface area contributed by atoms with Gasteiger partial charge < -0.3 is 14.4 Å². The highest BCUT2D eigenvalue weighted by Gasteiger charge is 2.35. The molecule has 1 amide bonds. The van der Waals surface area contributed by atoms with E-state index in [0.717, 1.165) is 64.0 Å². The number of benzene rings is 2. The van der Waals surface area contributed by atoms with Crippen molar-refractivity contribution in [2.75, 3.05) is 39.5 Å². The molecule has 0 aliphatic carbocycles. The maximum atomic E-state index is 13.7. The van der Waals surface area contributed by atoms with Crippen LogP contribution < -0.4 is 4.74 Å². The molecule has 0 unspecified atom stereocenters. The Morgan fingerprint density at radius 3 is 2.37 bits per heavy atom. The highest BCUT2D eigenvalue weighted by atomic mass is 16.5. The van der Waals surface area contributed by atoms with E-state index in [0.29, 0.717) is 31.6 Å². The van der Waals surface area contributed by atoms with Crippen molar-refractivity contribution in [3.8, 4) is 5.75 Å². The molecule has 2 saturated heterocycles. The maximum Gasteiger partial charge on any atom is 0.226 e. The van der Waals surface area contributed by atoms with E-state index in [9.17, 15) is 4.79 Å². The van der Waals surface area contributed by atoms with Gasteiger partial charge in [-0.2, -0.15) is 0 Å². The second-order valence-electron chi connectivity index (χ2n) is 9.92. The van der Waals surface area contributed by atoms with Crippen LogP contribution in [-0.4, -0.2) is 61.2 Å². The summed E-state index contributed by atoms with van der Waals surface area (Å²) in [6, 6.07) is 19.4. The van der Waals surface area contributed by atoms with Crippen LogP contribution in [0.3, 0.4) is 0 Å². The van der Waals surface area contributed by atoms with E-state index >= 15 is 0 Å². The number of nitrogens with zero attached hydrogens (tertiary/aromatic N) is 2. The first-order chi connectivity index (χ1) is 17.2. The Balaban J connectivity index is 1.45. The molecule has 0 N–H and O–H groups in total. The van der Waals surface area contributed by atoms with Crippen molar-refractivity contribution in [3.63, 3.8) is 0 Å². The molecule has 5 nitrogen and oxygen atoms in total. The summed E-state index contributed by atoms with van der Waals surface area (Å²) in [7, 11) is 0. The number of amides is 1. The van der Waals surface area contributed by atoms with Crippen molar-refractivity contribution >= 4 is 5.91 Å². The molecule has 0 saturated carbocycles. The topological polar surface area (TPSA) is 42.0 Å². The van der Waals surface area contributed by atoms with Crippen LogP contribution in [0.25, 0.3) is 0 Å². The van der Waals surface area contributed by atoms with Crippen LogP contribution in [0.2, 0.25) is 0 Å². The third-order valence-corrected chi connectivity index (χ3v) is 7.73. The number of para-hydroxylation sites is 1. The molecule has 2 aromatic carbocycles. The summed E-state index contributed by atoms with van der Waals surface area (Å²) in [4.78, 5) is 18.4. The fourth-order valence-electron chi connectivity index (χ4n) is 5.79. The highest BCUT2D eigenvalue weighted by Crippen LogP contribution is 2.31. The summed E-state index contributed by atoms with van der Waals surface area (Å²) in [5, 5.41) is 0. The van der Waals surface area contributed by atoms with Gasteiger partial charge in [-0.1, -0.05) is 48.5 Å². The van der Waals surface area contributed by atoms with Crippen molar-refractivity contribution in [2.45, 2.75) is 58.5 Å². The lowest BCUT2D eigenvalue weighted by atomic mass is 9.83. The second kappa shape index (κ2) is 13.1. The van der Waals surface area contributed by atoms with Crippen molar-refractivity contribution in [3.05, 3.63) is 65.7 Å². The van der Waals surface area contributed by atoms with Gasteiger partial charge in [0.1, 0.15) is 5.75 Å². The van der Waals surface area contributed by atoms with E-state index in [1.807, 2.05) is 13.0 Å². The van der Waals surface area contributed by atoms with Gasteiger partial charge in [-0.25, -0.2) is 0 Å². The largest absolute Gasteiger partial charge is 0.494 e. The molecule has 2 fully saturated rings. The molecule has 5 heteroatoms. The van der Waals surface area contributed by atoms with Gasteiger partial charge in [0, 0.05) is 43.8 Å². The van der Waals surface area contributed by atoms with E-state index in [4.69, 9.17) is 9.47 Å². The minimum absolute atomic E-state index is 0.108. The molecular formula is C30H42N2O3. The summed E-state index contributed by atoms with van der Waals surface area (Å²) in [5.74, 6) is 1.96. The Morgan fingerprint density at radius 2 is 1.69 bits per heavy atom. The number of carbonyl (C=O) groups excluding carboxylic acids is 1. The van der Waals surface area contributed by atoms with E-state index in [1.165, 1.54) is 11.1 Å². The Labute approximate surface area is 211 Å². The zero-order valence-corrected chi connectivity index (χ0v) is 21.5. The van der Waals surface area contributed by atoms with Crippen molar-refractivity contribution in [1.29, 1.82) is 0 Å². The summed E-state index contributed by atoms with van der Waals surface area (Å²) < 4.78 is 11.4. The quantitative estimate of drug-likeness (QED) is 0.472. The van der Waals surface area contributed by atoms with Crippen LogP contribution in [0.4, 0.5) is 0 Å². The molecule has 1 atom stereocenters. The van der Waals surface area contributed by atoms with E-state index in [1.54, 1.807) is 0 Å². The van der Waals surface area contributed by atoms with Crippen LogP contribution in [0.5, 0.6) is 5.75 Å². The first kappa shape index (κ1) is 25.7. The van der Waals surface area contributed by atoms with Gasteiger partial charge >= 0.3 is 0 Å².